The smallest absolute Gasteiger partial charge is 0.257 e. The van der Waals surface area contributed by atoms with Crippen LogP contribution in [0.25, 0.3) is 0 Å². The third-order valence-corrected chi connectivity index (χ3v) is 5.00. The summed E-state index contributed by atoms with van der Waals surface area (Å²) in [5.74, 6) is -4.01. The van der Waals surface area contributed by atoms with Crippen molar-refractivity contribution in [2.45, 2.75) is 31.2 Å². The zero-order chi connectivity index (χ0) is 19.6. The Balaban J connectivity index is 1.72. The lowest BCUT2D eigenvalue weighted by molar-refractivity contribution is -0.125. The predicted octanol–water partition coefficient (Wildman–Crippen LogP) is 2.88. The summed E-state index contributed by atoms with van der Waals surface area (Å²) in [7, 11) is 0. The van der Waals surface area contributed by atoms with Gasteiger partial charge >= 0.3 is 0 Å². The van der Waals surface area contributed by atoms with Crippen LogP contribution >= 0.6 is 11.6 Å². The maximum atomic E-state index is 14.4. The minimum Gasteiger partial charge on any atom is -0.329 e. The molecule has 2 aromatic rings. The molecular formula is C18H19ClF2N4O2. The molecule has 0 bridgehead atoms. The predicted molar refractivity (Wildman–Crippen MR) is 98.3 cm³/mol. The molecule has 1 fully saturated rings. The summed E-state index contributed by atoms with van der Waals surface area (Å²) in [5.41, 5.74) is -0.00535. The molecule has 1 saturated heterocycles. The average molecular weight is 397 g/mol. The van der Waals surface area contributed by atoms with E-state index in [4.69, 9.17) is 11.6 Å². The SMILES string of the molecule is CC(C(=O)Nc1ccc(Cl)cn1)N1CCC(F)(F)C(c2ccc(=O)[nH]c2)C1. The van der Waals surface area contributed by atoms with Crippen LogP contribution in [0, 0.1) is 0 Å². The van der Waals surface area contributed by atoms with Gasteiger partial charge in [-0.3, -0.25) is 14.5 Å². The number of alkyl halides is 2. The number of rotatable bonds is 4. The molecule has 3 heterocycles. The van der Waals surface area contributed by atoms with Gasteiger partial charge in [-0.25, -0.2) is 13.8 Å². The summed E-state index contributed by atoms with van der Waals surface area (Å²) in [6, 6.07) is 5.18. The Kier molecular flexibility index (Phi) is 5.57. The Labute approximate surface area is 159 Å². The number of aromatic amines is 1. The van der Waals surface area contributed by atoms with Crippen molar-refractivity contribution in [2.75, 3.05) is 18.4 Å². The van der Waals surface area contributed by atoms with Gasteiger partial charge in [0.15, 0.2) is 0 Å². The van der Waals surface area contributed by atoms with E-state index in [1.807, 2.05) is 0 Å². The van der Waals surface area contributed by atoms with Crippen LogP contribution in [0.1, 0.15) is 24.8 Å². The fraction of sp³-hybridized carbons (Fsp3) is 0.389. The number of halogens is 3. The van der Waals surface area contributed by atoms with Crippen molar-refractivity contribution in [2.24, 2.45) is 0 Å². The van der Waals surface area contributed by atoms with Crippen LogP contribution in [0.2, 0.25) is 5.02 Å². The normalized spacial score (nSPS) is 20.8. The van der Waals surface area contributed by atoms with E-state index < -0.39 is 17.9 Å². The molecule has 0 spiro atoms. The lowest BCUT2D eigenvalue weighted by Crippen LogP contribution is -2.52. The van der Waals surface area contributed by atoms with E-state index in [-0.39, 0.29) is 31.0 Å². The second-order valence-corrected chi connectivity index (χ2v) is 7.01. The van der Waals surface area contributed by atoms with Gasteiger partial charge in [0, 0.05) is 38.0 Å². The van der Waals surface area contributed by atoms with Gasteiger partial charge in [-0.1, -0.05) is 17.7 Å². The number of amides is 1. The molecule has 2 atom stereocenters. The lowest BCUT2D eigenvalue weighted by Gasteiger charge is -2.40. The zero-order valence-electron chi connectivity index (χ0n) is 14.6. The fourth-order valence-electron chi connectivity index (χ4n) is 3.11. The molecule has 9 heteroatoms. The maximum absolute atomic E-state index is 14.4. The van der Waals surface area contributed by atoms with Crippen LogP contribution < -0.4 is 10.9 Å². The van der Waals surface area contributed by atoms with Gasteiger partial charge in [-0.15, -0.1) is 0 Å². The standard InChI is InChI=1S/C18H19ClF2N4O2/c1-11(17(27)24-15-4-3-13(19)9-22-15)25-7-6-18(20,21)14(10-25)12-2-5-16(26)23-8-12/h2-5,8-9,11,14H,6-7,10H2,1H3,(H,23,26)(H,22,24,27). The second kappa shape index (κ2) is 7.74. The van der Waals surface area contributed by atoms with Gasteiger partial charge in [0.05, 0.1) is 17.0 Å². The minimum atomic E-state index is -2.91. The quantitative estimate of drug-likeness (QED) is 0.833. The Hall–Kier alpha value is -2.32. The van der Waals surface area contributed by atoms with Gasteiger partial charge in [0.1, 0.15) is 5.82 Å². The topological polar surface area (TPSA) is 78.1 Å². The number of pyridine rings is 2. The number of hydrogen-bond acceptors (Lipinski definition) is 4. The molecule has 0 saturated carbocycles. The highest BCUT2D eigenvalue weighted by Crippen LogP contribution is 2.40. The number of nitrogens with one attached hydrogen (secondary N) is 2. The number of likely N-dealkylation sites (tertiary alicyclic amines) is 1. The number of carbonyl (C=O) groups excluding carboxylic acids is 1. The van der Waals surface area contributed by atoms with E-state index in [1.165, 1.54) is 24.5 Å². The molecule has 144 valence electrons. The minimum absolute atomic E-state index is 0.00166. The first-order valence-corrected chi connectivity index (χ1v) is 8.87. The average Bonchev–Trinajstić information content (AvgIpc) is 2.64. The van der Waals surface area contributed by atoms with Gasteiger partial charge in [-0.05, 0) is 24.6 Å². The first-order valence-electron chi connectivity index (χ1n) is 8.49. The second-order valence-electron chi connectivity index (χ2n) is 6.57. The first kappa shape index (κ1) is 19.4. The number of aromatic nitrogens is 2. The summed E-state index contributed by atoms with van der Waals surface area (Å²) in [6.45, 7) is 1.76. The molecule has 2 aromatic heterocycles. The van der Waals surface area contributed by atoms with E-state index in [2.05, 4.69) is 15.3 Å². The van der Waals surface area contributed by atoms with Crippen LogP contribution in [-0.2, 0) is 4.79 Å². The Morgan fingerprint density at radius 1 is 1.41 bits per heavy atom. The molecule has 0 radical (unpaired) electrons. The van der Waals surface area contributed by atoms with Crippen LogP contribution in [-0.4, -0.2) is 45.8 Å². The number of H-pyrrole nitrogens is 1. The number of hydrogen-bond donors (Lipinski definition) is 2. The van der Waals surface area contributed by atoms with Crippen molar-refractivity contribution in [3.63, 3.8) is 0 Å². The maximum Gasteiger partial charge on any atom is 0.257 e. The molecule has 6 nitrogen and oxygen atoms in total. The summed E-state index contributed by atoms with van der Waals surface area (Å²) >= 11 is 5.77. The summed E-state index contributed by atoms with van der Waals surface area (Å²) in [5, 5.41) is 3.11. The van der Waals surface area contributed by atoms with Gasteiger partial charge in [-0.2, -0.15) is 0 Å². The first-order chi connectivity index (χ1) is 12.8. The third-order valence-electron chi connectivity index (χ3n) is 4.78. The van der Waals surface area contributed by atoms with Crippen LogP contribution in [0.15, 0.2) is 41.5 Å². The van der Waals surface area contributed by atoms with Crippen molar-refractivity contribution in [3.05, 3.63) is 57.6 Å². The lowest BCUT2D eigenvalue weighted by atomic mass is 9.87. The third kappa shape index (κ3) is 4.51. The van der Waals surface area contributed by atoms with E-state index >= 15 is 0 Å². The van der Waals surface area contributed by atoms with Crippen LogP contribution in [0.5, 0.6) is 0 Å². The van der Waals surface area contributed by atoms with E-state index in [1.54, 1.807) is 24.0 Å². The Morgan fingerprint density at radius 2 is 2.19 bits per heavy atom. The molecule has 3 rings (SSSR count). The van der Waals surface area contributed by atoms with E-state index in [0.717, 1.165) is 0 Å². The molecule has 1 aliphatic rings. The number of nitrogens with zero attached hydrogens (tertiary/aromatic N) is 2. The molecule has 2 unspecified atom stereocenters. The monoisotopic (exact) mass is 396 g/mol. The number of carbonyl (C=O) groups is 1. The number of piperidine rings is 1. The van der Waals surface area contributed by atoms with Crippen molar-refractivity contribution >= 4 is 23.3 Å². The highest BCUT2D eigenvalue weighted by Gasteiger charge is 2.46. The van der Waals surface area contributed by atoms with E-state index in [0.29, 0.717) is 16.4 Å². The van der Waals surface area contributed by atoms with Gasteiger partial charge in [0.2, 0.25) is 11.5 Å². The van der Waals surface area contributed by atoms with Crippen molar-refractivity contribution in [3.8, 4) is 0 Å². The zero-order valence-corrected chi connectivity index (χ0v) is 15.3. The van der Waals surface area contributed by atoms with Crippen molar-refractivity contribution in [1.29, 1.82) is 0 Å². The van der Waals surface area contributed by atoms with Gasteiger partial charge < -0.3 is 10.3 Å². The van der Waals surface area contributed by atoms with Crippen LogP contribution in [0.4, 0.5) is 14.6 Å². The number of anilines is 1. The van der Waals surface area contributed by atoms with Crippen LogP contribution in [0.3, 0.4) is 0 Å². The molecule has 1 amide bonds. The highest BCUT2D eigenvalue weighted by molar-refractivity contribution is 6.30. The van der Waals surface area contributed by atoms with E-state index in [9.17, 15) is 18.4 Å². The molecule has 1 aliphatic heterocycles. The molecule has 2 N–H and O–H groups in total. The molecule has 0 aromatic carbocycles. The fourth-order valence-corrected chi connectivity index (χ4v) is 3.22. The van der Waals surface area contributed by atoms with Gasteiger partial charge in [0.25, 0.3) is 5.92 Å². The van der Waals surface area contributed by atoms with Crippen molar-refractivity contribution in [1.82, 2.24) is 14.9 Å². The largest absolute Gasteiger partial charge is 0.329 e. The summed E-state index contributed by atoms with van der Waals surface area (Å²) < 4.78 is 28.9. The highest BCUT2D eigenvalue weighted by atomic mass is 35.5. The molecule has 0 aliphatic carbocycles. The summed E-state index contributed by atoms with van der Waals surface area (Å²) in [4.78, 5) is 31.8. The molecular weight excluding hydrogens is 378 g/mol. The van der Waals surface area contributed by atoms with Crippen molar-refractivity contribution < 1.29 is 13.6 Å². The Morgan fingerprint density at radius 3 is 2.81 bits per heavy atom. The Bertz CT molecular complexity index is 852. The summed E-state index contributed by atoms with van der Waals surface area (Å²) in [6.07, 6.45) is 2.36. The molecule has 27 heavy (non-hydrogen) atoms.